The first kappa shape index (κ1) is 22.7. The van der Waals surface area contributed by atoms with Crippen molar-refractivity contribution in [3.63, 3.8) is 0 Å². The number of hydrogen-bond donors (Lipinski definition) is 4. The van der Waals surface area contributed by atoms with Crippen LogP contribution >= 0.6 is 0 Å². The summed E-state index contributed by atoms with van der Waals surface area (Å²) in [6, 6.07) is -0.462. The van der Waals surface area contributed by atoms with Crippen molar-refractivity contribution in [3.8, 4) is 0 Å². The molecule has 0 rings (SSSR count). The number of carbonyl (C=O) groups is 3. The number of hydrogen-bond acceptors (Lipinski definition) is 5. The summed E-state index contributed by atoms with van der Waals surface area (Å²) >= 11 is 0. The minimum absolute atomic E-state index is 0.117. The van der Waals surface area contributed by atoms with Crippen LogP contribution in [0.2, 0.25) is 0 Å². The molecular formula is C16H31N5O4. The average Bonchev–Trinajstić information content (AvgIpc) is 2.58. The molecule has 25 heavy (non-hydrogen) atoms. The van der Waals surface area contributed by atoms with E-state index in [2.05, 4.69) is 32.7 Å². The highest BCUT2D eigenvalue weighted by molar-refractivity contribution is 5.86. The Morgan fingerprint density at radius 3 is 2.00 bits per heavy atom. The summed E-state index contributed by atoms with van der Waals surface area (Å²) in [7, 11) is 3.58. The van der Waals surface area contributed by atoms with Crippen molar-refractivity contribution in [1.29, 1.82) is 0 Å². The zero-order chi connectivity index (χ0) is 19.1. The molecule has 0 spiro atoms. The molecule has 4 N–H and O–H groups in total. The van der Waals surface area contributed by atoms with Crippen LogP contribution in [-0.4, -0.2) is 76.4 Å². The molecule has 0 atom stereocenters. The van der Waals surface area contributed by atoms with Crippen LogP contribution in [0.4, 0.5) is 9.59 Å². The summed E-state index contributed by atoms with van der Waals surface area (Å²) in [5, 5.41) is 10.6. The number of rotatable bonds is 12. The van der Waals surface area contributed by atoms with E-state index in [0.717, 1.165) is 25.9 Å². The van der Waals surface area contributed by atoms with E-state index >= 15 is 0 Å². The van der Waals surface area contributed by atoms with Gasteiger partial charge in [-0.1, -0.05) is 6.58 Å². The molecule has 0 fully saturated rings. The van der Waals surface area contributed by atoms with Gasteiger partial charge in [0.05, 0.1) is 6.54 Å². The average molecular weight is 357 g/mol. The normalized spacial score (nSPS) is 10.1. The number of ether oxygens (including phenoxy) is 1. The molecular weight excluding hydrogens is 326 g/mol. The van der Waals surface area contributed by atoms with Crippen LogP contribution in [0, 0.1) is 0 Å². The predicted octanol–water partition coefficient (Wildman–Crippen LogP) is 0.0459. The molecule has 0 aliphatic heterocycles. The third kappa shape index (κ3) is 13.8. The molecule has 0 bridgehead atoms. The van der Waals surface area contributed by atoms with Gasteiger partial charge in [0.25, 0.3) is 0 Å². The van der Waals surface area contributed by atoms with Crippen molar-refractivity contribution in [3.05, 3.63) is 12.2 Å². The second-order valence-corrected chi connectivity index (χ2v) is 5.62. The van der Waals surface area contributed by atoms with Gasteiger partial charge in [0.1, 0.15) is 6.61 Å². The molecule has 0 aliphatic carbocycles. The van der Waals surface area contributed by atoms with Crippen molar-refractivity contribution in [2.45, 2.75) is 19.8 Å². The lowest BCUT2D eigenvalue weighted by Gasteiger charge is -2.16. The summed E-state index contributed by atoms with van der Waals surface area (Å²) in [6.07, 6.45) is 1.68. The maximum atomic E-state index is 11.5. The van der Waals surface area contributed by atoms with Crippen molar-refractivity contribution in [1.82, 2.24) is 26.2 Å². The zero-order valence-electron chi connectivity index (χ0n) is 15.4. The fourth-order valence-corrected chi connectivity index (χ4v) is 1.80. The monoisotopic (exact) mass is 357 g/mol. The Kier molecular flexibility index (Phi) is 12.8. The van der Waals surface area contributed by atoms with Crippen LogP contribution in [-0.2, 0) is 9.53 Å². The molecule has 0 saturated heterocycles. The van der Waals surface area contributed by atoms with Gasteiger partial charge in [0.2, 0.25) is 0 Å². The molecule has 0 aromatic carbocycles. The van der Waals surface area contributed by atoms with Crippen LogP contribution in [0.1, 0.15) is 19.8 Å². The topological polar surface area (TPSA) is 112 Å². The first-order valence-electron chi connectivity index (χ1n) is 8.35. The Morgan fingerprint density at radius 1 is 0.960 bits per heavy atom. The van der Waals surface area contributed by atoms with Crippen molar-refractivity contribution < 1.29 is 19.1 Å². The van der Waals surface area contributed by atoms with Gasteiger partial charge < -0.3 is 30.9 Å². The van der Waals surface area contributed by atoms with E-state index in [1.807, 2.05) is 7.05 Å². The Balaban J connectivity index is 3.51. The van der Waals surface area contributed by atoms with Gasteiger partial charge in [0.15, 0.2) is 0 Å². The zero-order valence-corrected chi connectivity index (χ0v) is 15.4. The summed E-state index contributed by atoms with van der Waals surface area (Å²) in [5.74, 6) is -0.462. The molecule has 9 nitrogen and oxygen atoms in total. The number of urea groups is 2. The number of carbonyl (C=O) groups excluding carboxylic acids is 3. The molecule has 0 aliphatic rings. The van der Waals surface area contributed by atoms with Crippen molar-refractivity contribution in [2.24, 2.45) is 0 Å². The lowest BCUT2D eigenvalue weighted by Crippen LogP contribution is -2.39. The molecule has 0 radical (unpaired) electrons. The summed E-state index contributed by atoms with van der Waals surface area (Å²) < 4.78 is 4.86. The predicted molar refractivity (Wildman–Crippen MR) is 96.4 cm³/mol. The molecule has 0 saturated carbocycles. The van der Waals surface area contributed by atoms with Gasteiger partial charge in [-0.25, -0.2) is 14.4 Å². The number of amides is 4. The quantitative estimate of drug-likeness (QED) is 0.224. The van der Waals surface area contributed by atoms with E-state index in [0.29, 0.717) is 18.7 Å². The maximum Gasteiger partial charge on any atom is 0.333 e. The Morgan fingerprint density at radius 2 is 1.48 bits per heavy atom. The lowest BCUT2D eigenvalue weighted by atomic mass is 10.3. The standard InChI is InChI=1S/C16H31N5O4/c1-13(2)14(22)25-12-9-20-16(24)19-8-6-11-21(4)10-5-7-18-15(23)17-3/h1,5-12H2,2-4H3,(H2,17,18,23)(H2,19,20,24). The van der Waals surface area contributed by atoms with Gasteiger partial charge in [-0.15, -0.1) is 0 Å². The van der Waals surface area contributed by atoms with Crippen LogP contribution in [0.3, 0.4) is 0 Å². The smallest absolute Gasteiger partial charge is 0.333 e. The molecule has 0 heterocycles. The third-order valence-corrected chi connectivity index (χ3v) is 3.20. The highest BCUT2D eigenvalue weighted by Crippen LogP contribution is 1.91. The Hall–Kier alpha value is -2.29. The number of nitrogens with one attached hydrogen (secondary N) is 4. The number of nitrogens with zero attached hydrogens (tertiary/aromatic N) is 1. The minimum atomic E-state index is -0.462. The largest absolute Gasteiger partial charge is 0.460 e. The van der Waals surface area contributed by atoms with E-state index < -0.39 is 5.97 Å². The van der Waals surface area contributed by atoms with Gasteiger partial charge in [0, 0.05) is 25.7 Å². The van der Waals surface area contributed by atoms with Gasteiger partial charge in [-0.2, -0.15) is 0 Å². The third-order valence-electron chi connectivity index (χ3n) is 3.20. The fraction of sp³-hybridized carbons (Fsp3) is 0.688. The van der Waals surface area contributed by atoms with Crippen molar-refractivity contribution >= 4 is 18.0 Å². The van der Waals surface area contributed by atoms with Gasteiger partial charge in [-0.3, -0.25) is 0 Å². The fourth-order valence-electron chi connectivity index (χ4n) is 1.80. The maximum absolute atomic E-state index is 11.5. The summed E-state index contributed by atoms with van der Waals surface area (Å²) in [6.45, 7) is 8.29. The van der Waals surface area contributed by atoms with Crippen LogP contribution in [0.25, 0.3) is 0 Å². The van der Waals surface area contributed by atoms with E-state index in [9.17, 15) is 14.4 Å². The molecule has 0 unspecified atom stereocenters. The first-order chi connectivity index (χ1) is 11.9. The minimum Gasteiger partial charge on any atom is -0.460 e. The van der Waals surface area contributed by atoms with E-state index in [1.54, 1.807) is 14.0 Å². The molecule has 144 valence electrons. The first-order valence-corrected chi connectivity index (χ1v) is 8.35. The summed E-state index contributed by atoms with van der Waals surface area (Å²) in [4.78, 5) is 35.8. The van der Waals surface area contributed by atoms with Crippen molar-refractivity contribution in [2.75, 3.05) is 53.4 Å². The summed E-state index contributed by atoms with van der Waals surface area (Å²) in [5.41, 5.74) is 0.331. The highest BCUT2D eigenvalue weighted by atomic mass is 16.5. The number of esters is 1. The molecule has 0 aromatic rings. The van der Waals surface area contributed by atoms with E-state index in [1.165, 1.54) is 0 Å². The van der Waals surface area contributed by atoms with Gasteiger partial charge >= 0.3 is 18.0 Å². The SMILES string of the molecule is C=C(C)C(=O)OCCNC(=O)NCCCN(C)CCCNC(=O)NC. The van der Waals surface area contributed by atoms with Crippen LogP contribution in [0.15, 0.2) is 12.2 Å². The second-order valence-electron chi connectivity index (χ2n) is 5.62. The Labute approximate surface area is 149 Å². The Bertz CT molecular complexity index is 442. The van der Waals surface area contributed by atoms with Crippen LogP contribution < -0.4 is 21.3 Å². The lowest BCUT2D eigenvalue weighted by molar-refractivity contribution is -0.138. The van der Waals surface area contributed by atoms with E-state index in [4.69, 9.17) is 4.74 Å². The van der Waals surface area contributed by atoms with Gasteiger partial charge in [-0.05, 0) is 39.9 Å². The molecule has 9 heteroatoms. The molecule has 4 amide bonds. The van der Waals surface area contributed by atoms with Crippen LogP contribution in [0.5, 0.6) is 0 Å². The highest BCUT2D eigenvalue weighted by Gasteiger charge is 2.04. The molecule has 0 aromatic heterocycles. The second kappa shape index (κ2) is 14.1. The van der Waals surface area contributed by atoms with E-state index in [-0.39, 0.29) is 25.2 Å².